The van der Waals surface area contributed by atoms with Crippen LogP contribution in [0.3, 0.4) is 0 Å². The Kier molecular flexibility index (Phi) is 2.59. The van der Waals surface area contributed by atoms with Gasteiger partial charge in [0.1, 0.15) is 11.8 Å². The van der Waals surface area contributed by atoms with Gasteiger partial charge in [-0.05, 0) is 30.4 Å². The molecular weight excluding hydrogens is 186 g/mol. The molecule has 3 heteroatoms. The van der Waals surface area contributed by atoms with Gasteiger partial charge in [-0.1, -0.05) is 13.3 Å². The largest absolute Gasteiger partial charge is 0.384 e. The first-order valence-corrected chi connectivity index (χ1v) is 5.32. The maximum atomic E-state index is 8.71. The molecule has 1 N–H and O–H groups in total. The second-order valence-corrected chi connectivity index (χ2v) is 4.56. The second kappa shape index (κ2) is 3.90. The third kappa shape index (κ3) is 2.27. The number of nitriles is 1. The predicted octanol–water partition coefficient (Wildman–Crippen LogP) is 2.56. The Morgan fingerprint density at radius 3 is 3.00 bits per heavy atom. The van der Waals surface area contributed by atoms with E-state index in [4.69, 9.17) is 5.26 Å². The van der Waals surface area contributed by atoms with Crippen LogP contribution >= 0.6 is 0 Å². The second-order valence-electron chi connectivity index (χ2n) is 4.56. The van der Waals surface area contributed by atoms with Crippen LogP contribution < -0.4 is 5.32 Å². The van der Waals surface area contributed by atoms with Crippen molar-refractivity contribution in [3.05, 3.63) is 24.0 Å². The van der Waals surface area contributed by atoms with Crippen molar-refractivity contribution in [1.29, 1.82) is 5.26 Å². The number of nitrogens with zero attached hydrogens (tertiary/aromatic N) is 2. The Hall–Kier alpha value is -1.56. The van der Waals surface area contributed by atoms with Crippen LogP contribution in [0.5, 0.6) is 0 Å². The van der Waals surface area contributed by atoms with E-state index in [-0.39, 0.29) is 0 Å². The van der Waals surface area contributed by atoms with E-state index in [1.165, 1.54) is 19.3 Å². The molecule has 1 aromatic heterocycles. The Balaban J connectivity index is 1.96. The van der Waals surface area contributed by atoms with Gasteiger partial charge in [0.2, 0.25) is 0 Å². The van der Waals surface area contributed by atoms with Crippen molar-refractivity contribution < 1.29 is 0 Å². The quantitative estimate of drug-likeness (QED) is 0.817. The minimum atomic E-state index is 0.454. The molecular formula is C12H15N3. The van der Waals surface area contributed by atoms with Gasteiger partial charge in [-0.2, -0.15) is 5.26 Å². The zero-order chi connectivity index (χ0) is 10.7. The highest BCUT2D eigenvalue weighted by Crippen LogP contribution is 2.40. The van der Waals surface area contributed by atoms with Crippen LogP contribution in [0.15, 0.2) is 18.3 Å². The summed E-state index contributed by atoms with van der Waals surface area (Å²) < 4.78 is 0. The summed E-state index contributed by atoms with van der Waals surface area (Å²) in [7, 11) is 0. The normalized spacial score (nSPS) is 17.6. The van der Waals surface area contributed by atoms with Gasteiger partial charge < -0.3 is 5.32 Å². The average Bonchev–Trinajstić information content (AvgIpc) is 2.24. The lowest BCUT2D eigenvalue weighted by Gasteiger charge is -2.38. The predicted molar refractivity (Wildman–Crippen MR) is 59.4 cm³/mol. The summed E-state index contributed by atoms with van der Waals surface area (Å²) >= 11 is 0. The van der Waals surface area contributed by atoms with Crippen molar-refractivity contribution in [3.8, 4) is 6.07 Å². The maximum absolute atomic E-state index is 8.71. The maximum Gasteiger partial charge on any atom is 0.142 e. The zero-order valence-corrected chi connectivity index (χ0v) is 8.95. The van der Waals surface area contributed by atoms with E-state index in [2.05, 4.69) is 17.2 Å². The lowest BCUT2D eigenvalue weighted by Crippen LogP contribution is -2.33. The number of hydrogen-bond acceptors (Lipinski definition) is 3. The fourth-order valence-electron chi connectivity index (χ4n) is 1.87. The van der Waals surface area contributed by atoms with Crippen LogP contribution in [-0.2, 0) is 0 Å². The van der Waals surface area contributed by atoms with Crippen molar-refractivity contribution in [1.82, 2.24) is 4.98 Å². The average molecular weight is 201 g/mol. The van der Waals surface area contributed by atoms with Gasteiger partial charge >= 0.3 is 0 Å². The van der Waals surface area contributed by atoms with Crippen LogP contribution in [0, 0.1) is 16.7 Å². The molecule has 0 unspecified atom stereocenters. The molecule has 0 aromatic carbocycles. The molecule has 1 saturated carbocycles. The molecule has 15 heavy (non-hydrogen) atoms. The lowest BCUT2D eigenvalue weighted by molar-refractivity contribution is 0.180. The SMILES string of the molecule is CC1(CNc2ccnc(C#N)c2)CCC1. The molecule has 0 saturated heterocycles. The van der Waals surface area contributed by atoms with Crippen molar-refractivity contribution in [2.75, 3.05) is 11.9 Å². The van der Waals surface area contributed by atoms with Gasteiger partial charge in [0, 0.05) is 18.4 Å². The molecule has 3 nitrogen and oxygen atoms in total. The summed E-state index contributed by atoms with van der Waals surface area (Å²) in [6.07, 6.45) is 5.62. The molecule has 1 heterocycles. The van der Waals surface area contributed by atoms with Crippen LogP contribution in [0.2, 0.25) is 0 Å². The molecule has 0 aliphatic heterocycles. The highest BCUT2D eigenvalue weighted by Gasteiger charge is 2.31. The number of nitrogens with one attached hydrogen (secondary N) is 1. The number of pyridine rings is 1. The lowest BCUT2D eigenvalue weighted by atomic mass is 9.70. The molecule has 1 aromatic rings. The fourth-order valence-corrected chi connectivity index (χ4v) is 1.87. The highest BCUT2D eigenvalue weighted by atomic mass is 14.9. The van der Waals surface area contributed by atoms with E-state index >= 15 is 0 Å². The Bertz CT molecular complexity index is 388. The molecule has 2 rings (SSSR count). The zero-order valence-electron chi connectivity index (χ0n) is 8.95. The number of rotatable bonds is 3. The van der Waals surface area contributed by atoms with Crippen LogP contribution in [0.25, 0.3) is 0 Å². The molecule has 0 spiro atoms. The molecule has 1 aliphatic rings. The van der Waals surface area contributed by atoms with Crippen molar-refractivity contribution in [2.24, 2.45) is 5.41 Å². The van der Waals surface area contributed by atoms with Gasteiger partial charge in [0.25, 0.3) is 0 Å². The number of anilines is 1. The van der Waals surface area contributed by atoms with Crippen LogP contribution in [-0.4, -0.2) is 11.5 Å². The first kappa shape index (κ1) is 9.97. The number of aromatic nitrogens is 1. The third-order valence-corrected chi connectivity index (χ3v) is 3.15. The van der Waals surface area contributed by atoms with E-state index in [0.29, 0.717) is 11.1 Å². The first-order chi connectivity index (χ1) is 7.22. The standard InChI is InChI=1S/C12H15N3/c1-12(4-2-5-12)9-15-10-3-6-14-11(7-10)8-13/h3,6-7H,2,4-5,9H2,1H3,(H,14,15). The van der Waals surface area contributed by atoms with Gasteiger partial charge in [-0.25, -0.2) is 4.98 Å². The van der Waals surface area contributed by atoms with Crippen LogP contribution in [0.4, 0.5) is 5.69 Å². The molecule has 1 fully saturated rings. The van der Waals surface area contributed by atoms with Crippen LogP contribution in [0.1, 0.15) is 31.9 Å². The summed E-state index contributed by atoms with van der Waals surface area (Å²) in [6, 6.07) is 5.74. The molecule has 0 atom stereocenters. The summed E-state index contributed by atoms with van der Waals surface area (Å²) in [5.41, 5.74) is 1.92. The Morgan fingerprint density at radius 1 is 1.60 bits per heavy atom. The smallest absolute Gasteiger partial charge is 0.142 e. The molecule has 0 radical (unpaired) electrons. The van der Waals surface area contributed by atoms with Gasteiger partial charge in [0.15, 0.2) is 0 Å². The Morgan fingerprint density at radius 2 is 2.40 bits per heavy atom. The summed E-state index contributed by atoms with van der Waals surface area (Å²) in [4.78, 5) is 3.94. The van der Waals surface area contributed by atoms with E-state index < -0.39 is 0 Å². The molecule has 0 bridgehead atoms. The summed E-state index contributed by atoms with van der Waals surface area (Å²) in [5, 5.41) is 12.1. The van der Waals surface area contributed by atoms with Gasteiger partial charge in [0.05, 0.1) is 0 Å². The van der Waals surface area contributed by atoms with E-state index in [1.807, 2.05) is 12.1 Å². The van der Waals surface area contributed by atoms with Crippen molar-refractivity contribution in [3.63, 3.8) is 0 Å². The van der Waals surface area contributed by atoms with Gasteiger partial charge in [-0.15, -0.1) is 0 Å². The monoisotopic (exact) mass is 201 g/mol. The molecule has 0 amide bonds. The third-order valence-electron chi connectivity index (χ3n) is 3.15. The summed E-state index contributed by atoms with van der Waals surface area (Å²) in [5.74, 6) is 0. The molecule has 78 valence electrons. The first-order valence-electron chi connectivity index (χ1n) is 5.32. The van der Waals surface area contributed by atoms with Crippen molar-refractivity contribution in [2.45, 2.75) is 26.2 Å². The van der Waals surface area contributed by atoms with E-state index in [0.717, 1.165) is 12.2 Å². The minimum absolute atomic E-state index is 0.454. The van der Waals surface area contributed by atoms with E-state index in [1.54, 1.807) is 12.3 Å². The topological polar surface area (TPSA) is 48.7 Å². The summed E-state index contributed by atoms with van der Waals surface area (Å²) in [6.45, 7) is 3.29. The van der Waals surface area contributed by atoms with Crippen molar-refractivity contribution >= 4 is 5.69 Å². The minimum Gasteiger partial charge on any atom is -0.384 e. The highest BCUT2D eigenvalue weighted by molar-refractivity contribution is 5.46. The molecule has 1 aliphatic carbocycles. The fraction of sp³-hybridized carbons (Fsp3) is 0.500. The van der Waals surface area contributed by atoms with E-state index in [9.17, 15) is 0 Å². The van der Waals surface area contributed by atoms with Gasteiger partial charge in [-0.3, -0.25) is 0 Å². The Labute approximate surface area is 90.1 Å². The number of hydrogen-bond donors (Lipinski definition) is 1.